The molecule has 3 rings (SSSR count). The van der Waals surface area contributed by atoms with Crippen molar-refractivity contribution in [1.29, 1.82) is 0 Å². The molecule has 0 aliphatic heterocycles. The monoisotopic (exact) mass is 336 g/mol. The summed E-state index contributed by atoms with van der Waals surface area (Å²) >= 11 is 0. The number of rotatable bonds is 4. The molecule has 6 nitrogen and oxygen atoms in total. The van der Waals surface area contributed by atoms with E-state index in [4.69, 9.17) is 0 Å². The lowest BCUT2D eigenvalue weighted by atomic mass is 9.87. The van der Waals surface area contributed by atoms with E-state index in [2.05, 4.69) is 55.1 Å². The molecule has 0 amide bonds. The van der Waals surface area contributed by atoms with Crippen LogP contribution in [0.25, 0.3) is 11.4 Å². The van der Waals surface area contributed by atoms with Crippen molar-refractivity contribution in [1.82, 2.24) is 14.8 Å². The third-order valence-corrected chi connectivity index (χ3v) is 4.04. The molecule has 0 aliphatic carbocycles. The van der Waals surface area contributed by atoms with Crippen LogP contribution in [-0.2, 0) is 12.0 Å². The van der Waals surface area contributed by atoms with Gasteiger partial charge in [-0.15, -0.1) is 0 Å². The number of non-ortho nitro benzene ring substituents is 1. The van der Waals surface area contributed by atoms with Gasteiger partial charge in [0, 0.05) is 17.7 Å². The molecule has 0 spiro atoms. The maximum atomic E-state index is 10.7. The van der Waals surface area contributed by atoms with Crippen LogP contribution < -0.4 is 0 Å². The molecular weight excluding hydrogens is 316 g/mol. The summed E-state index contributed by atoms with van der Waals surface area (Å²) in [7, 11) is 0. The number of benzene rings is 2. The second kappa shape index (κ2) is 6.47. The van der Waals surface area contributed by atoms with E-state index in [1.54, 1.807) is 23.1 Å². The molecule has 0 fully saturated rings. The van der Waals surface area contributed by atoms with Crippen LogP contribution >= 0.6 is 0 Å². The molecule has 2 aromatic carbocycles. The third kappa shape index (κ3) is 3.91. The Hall–Kier alpha value is -3.02. The Morgan fingerprint density at radius 3 is 2.24 bits per heavy atom. The number of aromatic nitrogens is 3. The van der Waals surface area contributed by atoms with Crippen molar-refractivity contribution in [3.63, 3.8) is 0 Å². The summed E-state index contributed by atoms with van der Waals surface area (Å²) in [6.45, 7) is 7.20. The first-order valence-electron chi connectivity index (χ1n) is 8.06. The Balaban J connectivity index is 1.74. The van der Waals surface area contributed by atoms with Crippen LogP contribution in [0.15, 0.2) is 54.9 Å². The van der Waals surface area contributed by atoms with Crippen LogP contribution in [0.2, 0.25) is 0 Å². The summed E-state index contributed by atoms with van der Waals surface area (Å²) < 4.78 is 1.77. The van der Waals surface area contributed by atoms with Gasteiger partial charge in [0.25, 0.3) is 5.69 Å². The zero-order chi connectivity index (χ0) is 18.0. The molecule has 0 aliphatic rings. The van der Waals surface area contributed by atoms with Crippen LogP contribution in [0, 0.1) is 10.1 Å². The van der Waals surface area contributed by atoms with Crippen LogP contribution in [0.1, 0.15) is 31.9 Å². The van der Waals surface area contributed by atoms with Gasteiger partial charge in [0.1, 0.15) is 6.33 Å². The van der Waals surface area contributed by atoms with Gasteiger partial charge in [-0.25, -0.2) is 9.67 Å². The van der Waals surface area contributed by atoms with Crippen molar-refractivity contribution in [3.8, 4) is 11.4 Å². The lowest BCUT2D eigenvalue weighted by molar-refractivity contribution is -0.384. The molecule has 25 heavy (non-hydrogen) atoms. The molecule has 0 N–H and O–H groups in total. The summed E-state index contributed by atoms with van der Waals surface area (Å²) in [5.74, 6) is 0.557. The quantitative estimate of drug-likeness (QED) is 0.528. The number of nitro groups is 1. The minimum absolute atomic E-state index is 0.0575. The molecule has 1 aromatic heterocycles. The lowest BCUT2D eigenvalue weighted by Crippen LogP contribution is -2.11. The first kappa shape index (κ1) is 16.8. The van der Waals surface area contributed by atoms with Gasteiger partial charge in [-0.3, -0.25) is 10.1 Å². The second-order valence-electron chi connectivity index (χ2n) is 7.02. The molecule has 0 saturated heterocycles. The smallest absolute Gasteiger partial charge is 0.258 e. The highest BCUT2D eigenvalue weighted by atomic mass is 16.6. The van der Waals surface area contributed by atoms with Gasteiger partial charge in [0.2, 0.25) is 0 Å². The molecule has 0 atom stereocenters. The fraction of sp³-hybridized carbons (Fsp3) is 0.263. The highest BCUT2D eigenvalue weighted by Crippen LogP contribution is 2.23. The molecule has 128 valence electrons. The van der Waals surface area contributed by atoms with Gasteiger partial charge in [-0.2, -0.15) is 5.10 Å². The average Bonchev–Trinajstić information content (AvgIpc) is 3.03. The van der Waals surface area contributed by atoms with Gasteiger partial charge in [-0.05, 0) is 28.7 Å². The number of hydrogen-bond donors (Lipinski definition) is 0. The van der Waals surface area contributed by atoms with Crippen LogP contribution in [0.4, 0.5) is 5.69 Å². The Morgan fingerprint density at radius 2 is 1.68 bits per heavy atom. The van der Waals surface area contributed by atoms with Gasteiger partial charge < -0.3 is 0 Å². The Bertz CT molecular complexity index is 875. The van der Waals surface area contributed by atoms with Crippen molar-refractivity contribution >= 4 is 5.69 Å². The fourth-order valence-electron chi connectivity index (χ4n) is 2.53. The summed E-state index contributed by atoms with van der Waals surface area (Å²) in [4.78, 5) is 14.6. The second-order valence-corrected chi connectivity index (χ2v) is 7.02. The molecule has 0 unspecified atom stereocenters. The van der Waals surface area contributed by atoms with E-state index < -0.39 is 4.92 Å². The lowest BCUT2D eigenvalue weighted by Gasteiger charge is -2.19. The van der Waals surface area contributed by atoms with Gasteiger partial charge in [0.15, 0.2) is 5.82 Å². The van der Waals surface area contributed by atoms with E-state index in [1.165, 1.54) is 17.7 Å². The number of nitro benzene ring substituents is 1. The van der Waals surface area contributed by atoms with Crippen molar-refractivity contribution in [3.05, 3.63) is 76.1 Å². The fourth-order valence-corrected chi connectivity index (χ4v) is 2.53. The predicted octanol–water partition coefficient (Wildman–Crippen LogP) is 4.20. The first-order chi connectivity index (χ1) is 11.8. The maximum Gasteiger partial charge on any atom is 0.269 e. The molecule has 3 aromatic rings. The molecule has 6 heteroatoms. The van der Waals surface area contributed by atoms with Crippen molar-refractivity contribution in [2.24, 2.45) is 0 Å². The number of nitrogens with zero attached hydrogens (tertiary/aromatic N) is 4. The van der Waals surface area contributed by atoms with Crippen molar-refractivity contribution < 1.29 is 4.92 Å². The Kier molecular flexibility index (Phi) is 4.35. The van der Waals surface area contributed by atoms with E-state index in [9.17, 15) is 10.1 Å². The maximum absolute atomic E-state index is 10.7. The summed E-state index contributed by atoms with van der Waals surface area (Å²) in [5.41, 5.74) is 3.39. The minimum Gasteiger partial charge on any atom is -0.258 e. The molecule has 0 radical (unpaired) electrons. The zero-order valence-corrected chi connectivity index (χ0v) is 14.5. The van der Waals surface area contributed by atoms with E-state index in [-0.39, 0.29) is 11.1 Å². The van der Waals surface area contributed by atoms with E-state index in [0.29, 0.717) is 12.4 Å². The standard InChI is InChI=1S/C19H20N4O2/c1-19(2,3)16-8-4-14(5-9-16)12-22-13-20-18(21-22)15-6-10-17(11-7-15)23(24)25/h4-11,13H,12H2,1-3H3. The van der Waals surface area contributed by atoms with Crippen LogP contribution in [0.5, 0.6) is 0 Å². The average molecular weight is 336 g/mol. The topological polar surface area (TPSA) is 73.8 Å². The molecule has 1 heterocycles. The molecule has 0 bridgehead atoms. The number of hydrogen-bond acceptors (Lipinski definition) is 4. The minimum atomic E-state index is -0.420. The van der Waals surface area contributed by atoms with E-state index in [1.807, 2.05) is 0 Å². The zero-order valence-electron chi connectivity index (χ0n) is 14.5. The van der Waals surface area contributed by atoms with Crippen molar-refractivity contribution in [2.45, 2.75) is 32.7 Å². The first-order valence-corrected chi connectivity index (χ1v) is 8.06. The summed E-state index contributed by atoms with van der Waals surface area (Å²) in [6, 6.07) is 14.7. The van der Waals surface area contributed by atoms with Crippen molar-refractivity contribution in [2.75, 3.05) is 0 Å². The highest BCUT2D eigenvalue weighted by Gasteiger charge is 2.13. The SMILES string of the molecule is CC(C)(C)c1ccc(Cn2cnc(-c3ccc([N+](=O)[O-])cc3)n2)cc1. The Labute approximate surface area is 146 Å². The normalized spacial score (nSPS) is 11.5. The Morgan fingerprint density at radius 1 is 1.04 bits per heavy atom. The summed E-state index contributed by atoms with van der Waals surface area (Å²) in [5, 5.41) is 15.2. The van der Waals surface area contributed by atoms with Gasteiger partial charge >= 0.3 is 0 Å². The van der Waals surface area contributed by atoms with Crippen LogP contribution in [-0.4, -0.2) is 19.7 Å². The van der Waals surface area contributed by atoms with E-state index >= 15 is 0 Å². The van der Waals surface area contributed by atoms with Gasteiger partial charge in [-0.1, -0.05) is 45.0 Å². The molecular formula is C19H20N4O2. The third-order valence-electron chi connectivity index (χ3n) is 4.04. The highest BCUT2D eigenvalue weighted by molar-refractivity contribution is 5.56. The molecule has 0 saturated carbocycles. The summed E-state index contributed by atoms with van der Waals surface area (Å²) in [6.07, 6.45) is 1.68. The van der Waals surface area contributed by atoms with E-state index in [0.717, 1.165) is 11.1 Å². The van der Waals surface area contributed by atoms with Crippen LogP contribution in [0.3, 0.4) is 0 Å². The largest absolute Gasteiger partial charge is 0.269 e. The van der Waals surface area contributed by atoms with Gasteiger partial charge in [0.05, 0.1) is 11.5 Å². The predicted molar refractivity (Wildman–Crippen MR) is 96.4 cm³/mol.